The Labute approximate surface area is 111 Å². The Morgan fingerprint density at radius 2 is 1.89 bits per heavy atom. The van der Waals surface area contributed by atoms with Crippen molar-refractivity contribution in [2.24, 2.45) is 0 Å². The van der Waals surface area contributed by atoms with Gasteiger partial charge in [0.25, 0.3) is 5.76 Å². The molecule has 18 heavy (non-hydrogen) atoms. The quantitative estimate of drug-likeness (QED) is 0.748. The van der Waals surface area contributed by atoms with Gasteiger partial charge < -0.3 is 10.4 Å². The van der Waals surface area contributed by atoms with Gasteiger partial charge in [0, 0.05) is 17.0 Å². The molecule has 2 nitrogen and oxygen atoms in total. The molecule has 1 aromatic carbocycles. The molecule has 0 saturated carbocycles. The Bertz CT molecular complexity index is 341. The first-order chi connectivity index (χ1) is 8.56. The summed E-state index contributed by atoms with van der Waals surface area (Å²) in [6.07, 6.45) is 0.847. The second kappa shape index (κ2) is 7.71. The minimum absolute atomic E-state index is 0.0649. The first kappa shape index (κ1) is 15.4. The number of alkyl halides is 2. The largest absolute Gasteiger partial charge is 0.395 e. The van der Waals surface area contributed by atoms with Crippen LogP contribution in [-0.2, 0) is 0 Å². The van der Waals surface area contributed by atoms with Crippen molar-refractivity contribution in [1.82, 2.24) is 5.32 Å². The summed E-state index contributed by atoms with van der Waals surface area (Å²) in [4.78, 5) is 0.565. The predicted molar refractivity (Wildman–Crippen MR) is 71.0 cm³/mol. The fraction of sp³-hybridized carbons (Fsp3) is 0.538. The van der Waals surface area contributed by atoms with Crippen LogP contribution in [0.3, 0.4) is 0 Å². The lowest BCUT2D eigenvalue weighted by Crippen LogP contribution is -2.33. The molecule has 0 saturated heterocycles. The van der Waals surface area contributed by atoms with Crippen molar-refractivity contribution in [1.29, 1.82) is 0 Å². The number of hydrogen-bond donors (Lipinski definition) is 2. The van der Waals surface area contributed by atoms with Crippen LogP contribution >= 0.6 is 11.8 Å². The monoisotopic (exact) mass is 275 g/mol. The summed E-state index contributed by atoms with van der Waals surface area (Å²) in [6, 6.07) is 7.23. The summed E-state index contributed by atoms with van der Waals surface area (Å²) in [7, 11) is 0. The van der Waals surface area contributed by atoms with Crippen LogP contribution < -0.4 is 5.32 Å². The topological polar surface area (TPSA) is 32.3 Å². The van der Waals surface area contributed by atoms with Crippen LogP contribution in [0.2, 0.25) is 0 Å². The second-order valence-corrected chi connectivity index (χ2v) is 5.19. The third-order valence-corrected chi connectivity index (χ3v) is 3.53. The van der Waals surface area contributed by atoms with Gasteiger partial charge in [-0.15, -0.1) is 0 Å². The molecule has 0 heterocycles. The molecule has 0 aliphatic carbocycles. The summed E-state index contributed by atoms with van der Waals surface area (Å²) in [5.41, 5.74) is 1.03. The van der Waals surface area contributed by atoms with Crippen molar-refractivity contribution >= 4 is 11.8 Å². The summed E-state index contributed by atoms with van der Waals surface area (Å²) in [5, 5.41) is 12.4. The smallest absolute Gasteiger partial charge is 0.288 e. The van der Waals surface area contributed by atoms with Crippen LogP contribution in [0.25, 0.3) is 0 Å². The van der Waals surface area contributed by atoms with Crippen molar-refractivity contribution in [3.8, 4) is 0 Å². The highest BCUT2D eigenvalue weighted by Crippen LogP contribution is 2.26. The van der Waals surface area contributed by atoms with Gasteiger partial charge in [-0.25, -0.2) is 0 Å². The molecule has 2 N–H and O–H groups in total. The maximum absolute atomic E-state index is 12.2. The van der Waals surface area contributed by atoms with E-state index in [9.17, 15) is 8.78 Å². The van der Waals surface area contributed by atoms with Crippen LogP contribution in [0.15, 0.2) is 29.2 Å². The molecule has 0 radical (unpaired) electrons. The Kier molecular flexibility index (Phi) is 6.60. The van der Waals surface area contributed by atoms with E-state index < -0.39 is 5.76 Å². The zero-order valence-electron chi connectivity index (χ0n) is 10.6. The average molecular weight is 275 g/mol. The number of nitrogens with one attached hydrogen (secondary N) is 1. The Balaban J connectivity index is 2.61. The van der Waals surface area contributed by atoms with Crippen LogP contribution in [0.1, 0.15) is 31.9 Å². The molecule has 5 heteroatoms. The first-order valence-corrected chi connectivity index (χ1v) is 6.86. The van der Waals surface area contributed by atoms with Crippen LogP contribution in [0, 0.1) is 0 Å². The predicted octanol–water partition coefficient (Wildman–Crippen LogP) is 3.42. The highest BCUT2D eigenvalue weighted by atomic mass is 32.2. The van der Waals surface area contributed by atoms with E-state index in [1.54, 1.807) is 12.1 Å². The average Bonchev–Trinajstić information content (AvgIpc) is 2.35. The van der Waals surface area contributed by atoms with Gasteiger partial charge in [0.2, 0.25) is 0 Å². The fourth-order valence-electron chi connectivity index (χ4n) is 1.69. The molecule has 0 aliphatic heterocycles. The van der Waals surface area contributed by atoms with Gasteiger partial charge in [-0.1, -0.05) is 30.8 Å². The van der Waals surface area contributed by atoms with Gasteiger partial charge in [-0.05, 0) is 31.0 Å². The Hall–Kier alpha value is -0.650. The highest BCUT2D eigenvalue weighted by molar-refractivity contribution is 7.99. The molecule has 1 aromatic rings. The van der Waals surface area contributed by atoms with E-state index in [4.69, 9.17) is 5.11 Å². The van der Waals surface area contributed by atoms with Crippen LogP contribution in [0.5, 0.6) is 0 Å². The third-order valence-electron chi connectivity index (χ3n) is 2.80. The molecule has 0 bridgehead atoms. The van der Waals surface area contributed by atoms with Gasteiger partial charge in [0.1, 0.15) is 0 Å². The van der Waals surface area contributed by atoms with Crippen molar-refractivity contribution < 1.29 is 13.9 Å². The van der Waals surface area contributed by atoms with Crippen molar-refractivity contribution in [3.63, 3.8) is 0 Å². The summed E-state index contributed by atoms with van der Waals surface area (Å²) >= 11 is 0.548. The van der Waals surface area contributed by atoms with E-state index in [1.165, 1.54) is 0 Å². The summed E-state index contributed by atoms with van der Waals surface area (Å²) in [6.45, 7) is 4.09. The van der Waals surface area contributed by atoms with E-state index in [0.29, 0.717) is 16.7 Å². The Morgan fingerprint density at radius 3 is 2.33 bits per heavy atom. The molecular weight excluding hydrogens is 256 g/mol. The number of hydrogen-bond acceptors (Lipinski definition) is 3. The molecule has 2 atom stereocenters. The van der Waals surface area contributed by atoms with Gasteiger partial charge in [0.05, 0.1) is 6.61 Å². The number of benzene rings is 1. The zero-order valence-corrected chi connectivity index (χ0v) is 11.4. The number of aliphatic hydroxyl groups is 1. The van der Waals surface area contributed by atoms with E-state index in [0.717, 1.165) is 12.0 Å². The molecular formula is C13H19F2NOS. The van der Waals surface area contributed by atoms with Gasteiger partial charge in [0.15, 0.2) is 0 Å². The molecule has 0 spiro atoms. The van der Waals surface area contributed by atoms with Crippen molar-refractivity contribution in [2.45, 2.75) is 43.0 Å². The maximum Gasteiger partial charge on any atom is 0.288 e. The van der Waals surface area contributed by atoms with Crippen LogP contribution in [-0.4, -0.2) is 23.5 Å². The standard InChI is InChI=1S/C13H19F2NOS/c1-3-11(8-17)16-9(2)10-4-6-12(7-5-10)18-13(14)15/h4-7,9,11,13,16-17H,3,8H2,1-2H3. The third kappa shape index (κ3) is 4.92. The second-order valence-electron chi connectivity index (χ2n) is 4.12. The van der Waals surface area contributed by atoms with Crippen LogP contribution in [0.4, 0.5) is 8.78 Å². The minimum atomic E-state index is -2.38. The Morgan fingerprint density at radius 1 is 1.28 bits per heavy atom. The van der Waals surface area contributed by atoms with E-state index in [1.807, 2.05) is 26.0 Å². The zero-order chi connectivity index (χ0) is 13.5. The molecule has 0 amide bonds. The fourth-order valence-corrected chi connectivity index (χ4v) is 2.19. The summed E-state index contributed by atoms with van der Waals surface area (Å²) < 4.78 is 24.3. The molecule has 0 fully saturated rings. The van der Waals surface area contributed by atoms with Gasteiger partial charge >= 0.3 is 0 Å². The molecule has 2 unspecified atom stereocenters. The normalized spacial score (nSPS) is 14.8. The van der Waals surface area contributed by atoms with Crippen molar-refractivity contribution in [2.75, 3.05) is 6.61 Å². The molecule has 0 aromatic heterocycles. The van der Waals surface area contributed by atoms with Gasteiger partial charge in [-0.2, -0.15) is 8.78 Å². The lowest BCUT2D eigenvalue weighted by molar-refractivity contribution is 0.230. The lowest BCUT2D eigenvalue weighted by Gasteiger charge is -2.21. The van der Waals surface area contributed by atoms with Crippen molar-refractivity contribution in [3.05, 3.63) is 29.8 Å². The van der Waals surface area contributed by atoms with E-state index in [2.05, 4.69) is 5.32 Å². The molecule has 1 rings (SSSR count). The molecule has 0 aliphatic rings. The number of aliphatic hydroxyl groups excluding tert-OH is 1. The minimum Gasteiger partial charge on any atom is -0.395 e. The number of rotatable bonds is 7. The SMILES string of the molecule is CCC(CO)NC(C)c1ccc(SC(F)F)cc1. The molecule has 102 valence electrons. The van der Waals surface area contributed by atoms with Gasteiger partial charge in [-0.3, -0.25) is 0 Å². The lowest BCUT2D eigenvalue weighted by atomic mass is 10.1. The highest BCUT2D eigenvalue weighted by Gasteiger charge is 2.11. The van der Waals surface area contributed by atoms with E-state index in [-0.39, 0.29) is 18.7 Å². The first-order valence-electron chi connectivity index (χ1n) is 5.98. The van der Waals surface area contributed by atoms with E-state index >= 15 is 0 Å². The summed E-state index contributed by atoms with van der Waals surface area (Å²) in [5.74, 6) is -2.38. The maximum atomic E-state index is 12.2. The number of halogens is 2. The number of thioether (sulfide) groups is 1.